The van der Waals surface area contributed by atoms with E-state index in [2.05, 4.69) is 5.48 Å². The highest BCUT2D eigenvalue weighted by atomic mass is 16.7. The number of amides is 1. The lowest BCUT2D eigenvalue weighted by atomic mass is 10.2. The maximum atomic E-state index is 11.0. The summed E-state index contributed by atoms with van der Waals surface area (Å²) in [5.41, 5.74) is 2.27. The van der Waals surface area contributed by atoms with Gasteiger partial charge < -0.3 is 5.11 Å². The number of aliphatic hydroxyl groups excluding tert-OH is 1. The van der Waals surface area contributed by atoms with Crippen LogP contribution < -0.4 is 5.48 Å². The Balaban J connectivity index is 3.44. The highest BCUT2D eigenvalue weighted by Crippen LogP contribution is 1.94. The number of nitrogens with one attached hydrogen (secondary N) is 1. The number of aliphatic hydroxyl groups is 1. The predicted molar refractivity (Wildman–Crippen MR) is 45.2 cm³/mol. The molecule has 0 bridgehead atoms. The Morgan fingerprint density at radius 2 is 2.08 bits per heavy atom. The molecule has 0 aromatic carbocycles. The number of rotatable bonds is 5. The fourth-order valence-electron chi connectivity index (χ4n) is 0.463. The third-order valence-electron chi connectivity index (χ3n) is 1.31. The number of hydrogen-bond donors (Lipinski definition) is 2. The van der Waals surface area contributed by atoms with Crippen molar-refractivity contribution >= 4 is 5.91 Å². The van der Waals surface area contributed by atoms with E-state index >= 15 is 0 Å². The van der Waals surface area contributed by atoms with Gasteiger partial charge in [0.15, 0.2) is 0 Å². The maximum absolute atomic E-state index is 11.0. The van der Waals surface area contributed by atoms with E-state index < -0.39 is 5.92 Å². The minimum Gasteiger partial charge on any atom is -0.396 e. The van der Waals surface area contributed by atoms with Gasteiger partial charge >= 0.3 is 0 Å². The summed E-state index contributed by atoms with van der Waals surface area (Å²) in [6.45, 7) is 5.94. The fraction of sp³-hybridized carbons (Fsp3) is 0.875. The van der Waals surface area contributed by atoms with Crippen LogP contribution in [0.1, 0.15) is 20.8 Å². The van der Waals surface area contributed by atoms with Crippen molar-refractivity contribution in [3.05, 3.63) is 0 Å². The number of carbonyl (C=O) groups excluding carboxylic acids is 1. The van der Waals surface area contributed by atoms with Gasteiger partial charge in [-0.15, -0.1) is 0 Å². The molecule has 0 aromatic rings. The molecule has 0 heterocycles. The second-order valence-electron chi connectivity index (χ2n) is 3.25. The van der Waals surface area contributed by atoms with Crippen molar-refractivity contribution in [2.75, 3.05) is 13.2 Å². The van der Waals surface area contributed by atoms with E-state index in [1.807, 2.05) is 13.8 Å². The lowest BCUT2D eigenvalue weighted by Crippen LogP contribution is -2.32. The van der Waals surface area contributed by atoms with Gasteiger partial charge in [-0.05, 0) is 5.92 Å². The summed E-state index contributed by atoms with van der Waals surface area (Å²) in [6, 6.07) is 0. The highest BCUT2D eigenvalue weighted by molar-refractivity contribution is 5.77. The van der Waals surface area contributed by atoms with Gasteiger partial charge in [-0.3, -0.25) is 9.63 Å². The van der Waals surface area contributed by atoms with Gasteiger partial charge in [-0.1, -0.05) is 20.8 Å². The zero-order valence-electron chi connectivity index (χ0n) is 7.83. The van der Waals surface area contributed by atoms with Gasteiger partial charge in [0.1, 0.15) is 0 Å². The fourth-order valence-corrected chi connectivity index (χ4v) is 0.463. The van der Waals surface area contributed by atoms with Crippen LogP contribution in [0, 0.1) is 11.8 Å². The Labute approximate surface area is 72.9 Å². The van der Waals surface area contributed by atoms with Crippen LogP contribution in [0.4, 0.5) is 0 Å². The quantitative estimate of drug-likeness (QED) is 0.591. The monoisotopic (exact) mass is 175 g/mol. The second kappa shape index (κ2) is 5.97. The normalized spacial score (nSPS) is 13.1. The first-order chi connectivity index (χ1) is 5.57. The largest absolute Gasteiger partial charge is 0.396 e. The van der Waals surface area contributed by atoms with Crippen LogP contribution in [0.5, 0.6) is 0 Å². The molecule has 0 spiro atoms. The molecule has 4 nitrogen and oxygen atoms in total. The van der Waals surface area contributed by atoms with Crippen LogP contribution in [0.25, 0.3) is 0 Å². The third kappa shape index (κ3) is 5.09. The van der Waals surface area contributed by atoms with Crippen molar-refractivity contribution in [1.82, 2.24) is 5.48 Å². The Morgan fingerprint density at radius 1 is 1.50 bits per heavy atom. The molecule has 0 rings (SSSR count). The van der Waals surface area contributed by atoms with E-state index in [1.54, 1.807) is 6.92 Å². The van der Waals surface area contributed by atoms with E-state index in [1.165, 1.54) is 0 Å². The molecule has 4 heteroatoms. The van der Waals surface area contributed by atoms with Crippen LogP contribution in [-0.2, 0) is 9.63 Å². The molecular formula is C8H17NO3. The Morgan fingerprint density at radius 3 is 2.50 bits per heavy atom. The first-order valence-electron chi connectivity index (χ1n) is 4.10. The topological polar surface area (TPSA) is 58.6 Å². The molecule has 0 aliphatic rings. The van der Waals surface area contributed by atoms with Crippen molar-refractivity contribution in [1.29, 1.82) is 0 Å². The molecular weight excluding hydrogens is 158 g/mol. The average molecular weight is 175 g/mol. The van der Waals surface area contributed by atoms with E-state index in [0.717, 1.165) is 0 Å². The average Bonchev–Trinajstić information content (AvgIpc) is 2.02. The predicted octanol–water partition coefficient (Wildman–Crippen LogP) is 0.319. The van der Waals surface area contributed by atoms with Gasteiger partial charge in [0, 0.05) is 0 Å². The third-order valence-corrected chi connectivity index (χ3v) is 1.31. The first kappa shape index (κ1) is 11.4. The van der Waals surface area contributed by atoms with E-state index in [0.29, 0.717) is 12.5 Å². The molecule has 1 unspecified atom stereocenters. The molecule has 0 aliphatic heterocycles. The molecule has 0 aliphatic carbocycles. The number of hydroxylamine groups is 1. The van der Waals surface area contributed by atoms with Crippen LogP contribution in [0.2, 0.25) is 0 Å². The minimum atomic E-state index is -0.405. The Bertz CT molecular complexity index is 136. The molecule has 0 saturated carbocycles. The molecule has 2 N–H and O–H groups in total. The lowest BCUT2D eigenvalue weighted by molar-refractivity contribution is -0.139. The van der Waals surface area contributed by atoms with Crippen molar-refractivity contribution in [2.45, 2.75) is 20.8 Å². The summed E-state index contributed by atoms with van der Waals surface area (Å²) >= 11 is 0. The summed E-state index contributed by atoms with van der Waals surface area (Å²) in [7, 11) is 0. The molecule has 72 valence electrons. The second-order valence-corrected chi connectivity index (χ2v) is 3.25. The van der Waals surface area contributed by atoms with E-state index in [9.17, 15) is 4.79 Å². The molecule has 0 fully saturated rings. The highest BCUT2D eigenvalue weighted by Gasteiger charge is 2.10. The summed E-state index contributed by atoms with van der Waals surface area (Å²) in [5, 5.41) is 8.60. The van der Waals surface area contributed by atoms with Gasteiger partial charge in [0.25, 0.3) is 0 Å². The summed E-state index contributed by atoms with van der Waals surface area (Å²) in [6.07, 6.45) is 0. The summed E-state index contributed by atoms with van der Waals surface area (Å²) in [5.74, 6) is -0.301. The lowest BCUT2D eigenvalue weighted by Gasteiger charge is -2.10. The maximum Gasteiger partial charge on any atom is 0.248 e. The van der Waals surface area contributed by atoms with Crippen LogP contribution in [0.3, 0.4) is 0 Å². The number of carbonyl (C=O) groups is 1. The van der Waals surface area contributed by atoms with Gasteiger partial charge in [0.2, 0.25) is 5.91 Å². The van der Waals surface area contributed by atoms with Crippen molar-refractivity contribution in [3.8, 4) is 0 Å². The SMILES string of the molecule is CC(C)CONC(=O)C(C)CO. The molecule has 1 amide bonds. The molecule has 0 radical (unpaired) electrons. The van der Waals surface area contributed by atoms with Crippen molar-refractivity contribution in [3.63, 3.8) is 0 Å². The van der Waals surface area contributed by atoms with Gasteiger partial charge in [-0.2, -0.15) is 0 Å². The van der Waals surface area contributed by atoms with Crippen molar-refractivity contribution < 1.29 is 14.7 Å². The van der Waals surface area contributed by atoms with Crippen LogP contribution >= 0.6 is 0 Å². The van der Waals surface area contributed by atoms with Crippen LogP contribution in [-0.4, -0.2) is 24.2 Å². The Hall–Kier alpha value is -0.610. The standard InChI is InChI=1S/C8H17NO3/c1-6(2)5-12-9-8(11)7(3)4-10/h6-7,10H,4-5H2,1-3H3,(H,9,11). The zero-order valence-corrected chi connectivity index (χ0v) is 7.83. The van der Waals surface area contributed by atoms with Gasteiger partial charge in [-0.25, -0.2) is 5.48 Å². The smallest absolute Gasteiger partial charge is 0.248 e. The molecule has 1 atom stereocenters. The van der Waals surface area contributed by atoms with Crippen molar-refractivity contribution in [2.24, 2.45) is 11.8 Å². The summed E-state index contributed by atoms with van der Waals surface area (Å²) in [4.78, 5) is 15.8. The van der Waals surface area contributed by atoms with Crippen LogP contribution in [0.15, 0.2) is 0 Å². The molecule has 0 aromatic heterocycles. The van der Waals surface area contributed by atoms with Gasteiger partial charge in [0.05, 0.1) is 19.1 Å². The first-order valence-corrected chi connectivity index (χ1v) is 4.10. The molecule has 0 saturated heterocycles. The number of hydrogen-bond acceptors (Lipinski definition) is 3. The van der Waals surface area contributed by atoms with E-state index in [-0.39, 0.29) is 12.5 Å². The van der Waals surface area contributed by atoms with E-state index in [4.69, 9.17) is 9.94 Å². The Kier molecular flexibility index (Phi) is 5.66. The summed E-state index contributed by atoms with van der Waals surface area (Å²) < 4.78 is 0. The minimum absolute atomic E-state index is 0.156. The molecule has 12 heavy (non-hydrogen) atoms. The zero-order chi connectivity index (χ0) is 9.56.